The van der Waals surface area contributed by atoms with Crippen LogP contribution in [0.1, 0.15) is 10.4 Å². The van der Waals surface area contributed by atoms with Crippen molar-refractivity contribution in [2.45, 2.75) is 0 Å². The molecule has 0 radical (unpaired) electrons. The fraction of sp³-hybridized carbons (Fsp3) is 0. The Balaban J connectivity index is 1.56. The van der Waals surface area contributed by atoms with E-state index in [0.29, 0.717) is 33.4 Å². The SMILES string of the molecule is O=C(Nc1ccc(-c2nc3cccnc3o2)cc1)c1cccc(Cl)c1Cl. The molecule has 0 spiro atoms. The van der Waals surface area contributed by atoms with Gasteiger partial charge in [-0.25, -0.2) is 9.97 Å². The molecule has 0 aliphatic heterocycles. The lowest BCUT2D eigenvalue weighted by Crippen LogP contribution is -2.12. The zero-order valence-electron chi connectivity index (χ0n) is 13.2. The highest BCUT2D eigenvalue weighted by Gasteiger charge is 2.13. The largest absolute Gasteiger partial charge is 0.418 e. The summed E-state index contributed by atoms with van der Waals surface area (Å²) in [5, 5.41) is 3.34. The van der Waals surface area contributed by atoms with Crippen molar-refractivity contribution < 1.29 is 9.21 Å². The molecule has 0 aliphatic rings. The molecule has 2 aromatic heterocycles. The maximum absolute atomic E-state index is 12.4. The fourth-order valence-corrected chi connectivity index (χ4v) is 2.85. The Morgan fingerprint density at radius 2 is 1.81 bits per heavy atom. The Bertz CT molecular complexity index is 1070. The normalized spacial score (nSPS) is 10.8. The van der Waals surface area contributed by atoms with Gasteiger partial charge in [0.2, 0.25) is 11.6 Å². The number of aromatic nitrogens is 2. The van der Waals surface area contributed by atoms with Gasteiger partial charge in [-0.2, -0.15) is 0 Å². The monoisotopic (exact) mass is 383 g/mol. The Morgan fingerprint density at radius 1 is 1.00 bits per heavy atom. The van der Waals surface area contributed by atoms with Crippen LogP contribution in [0.2, 0.25) is 10.0 Å². The van der Waals surface area contributed by atoms with Crippen LogP contribution in [0, 0.1) is 0 Å². The van der Waals surface area contributed by atoms with Gasteiger partial charge >= 0.3 is 0 Å². The number of carbonyl (C=O) groups is 1. The Kier molecular flexibility index (Phi) is 4.32. The van der Waals surface area contributed by atoms with Gasteiger partial charge in [0.15, 0.2) is 0 Å². The summed E-state index contributed by atoms with van der Waals surface area (Å²) in [6, 6.07) is 15.7. The molecule has 4 aromatic rings. The smallest absolute Gasteiger partial charge is 0.257 e. The molecule has 26 heavy (non-hydrogen) atoms. The standard InChI is InChI=1S/C19H11Cl2N3O2/c20-14-4-1-3-13(16(14)21)17(25)23-12-8-6-11(7-9-12)18-24-15-5-2-10-22-19(15)26-18/h1-10H,(H,23,25). The molecule has 0 aliphatic carbocycles. The molecule has 2 heterocycles. The second-order valence-corrected chi connectivity index (χ2v) is 6.26. The number of fused-ring (bicyclic) bond motifs is 1. The number of rotatable bonds is 3. The molecule has 0 bridgehead atoms. The lowest BCUT2D eigenvalue weighted by molar-refractivity contribution is 0.102. The first-order valence-corrected chi connectivity index (χ1v) is 8.45. The number of benzene rings is 2. The number of nitrogens with zero attached hydrogens (tertiary/aromatic N) is 2. The van der Waals surface area contributed by atoms with Crippen LogP contribution in [-0.2, 0) is 0 Å². The fourth-order valence-electron chi connectivity index (χ4n) is 2.47. The average Bonchev–Trinajstić information content (AvgIpc) is 3.08. The van der Waals surface area contributed by atoms with Crippen LogP contribution in [0.5, 0.6) is 0 Å². The van der Waals surface area contributed by atoms with Crippen LogP contribution >= 0.6 is 23.2 Å². The number of pyridine rings is 1. The van der Waals surface area contributed by atoms with Crippen LogP contribution in [0.15, 0.2) is 65.2 Å². The highest BCUT2D eigenvalue weighted by molar-refractivity contribution is 6.44. The van der Waals surface area contributed by atoms with Crippen molar-refractivity contribution in [3.8, 4) is 11.5 Å². The number of amides is 1. The van der Waals surface area contributed by atoms with Crippen molar-refractivity contribution in [1.82, 2.24) is 9.97 Å². The molecule has 1 amide bonds. The van der Waals surface area contributed by atoms with E-state index in [9.17, 15) is 4.79 Å². The Morgan fingerprint density at radius 3 is 2.58 bits per heavy atom. The van der Waals surface area contributed by atoms with Gasteiger partial charge in [0.1, 0.15) is 5.52 Å². The lowest BCUT2D eigenvalue weighted by atomic mass is 10.2. The predicted molar refractivity (Wildman–Crippen MR) is 102 cm³/mol. The summed E-state index contributed by atoms with van der Waals surface area (Å²) in [5.41, 5.74) is 2.88. The minimum atomic E-state index is -0.337. The quantitative estimate of drug-likeness (QED) is 0.510. The average molecular weight is 384 g/mol. The Labute approximate surface area is 158 Å². The van der Waals surface area contributed by atoms with E-state index in [0.717, 1.165) is 5.56 Å². The van der Waals surface area contributed by atoms with Gasteiger partial charge in [-0.1, -0.05) is 29.3 Å². The van der Waals surface area contributed by atoms with E-state index in [1.165, 1.54) is 0 Å². The molecule has 1 N–H and O–H groups in total. The number of carbonyl (C=O) groups excluding carboxylic acids is 1. The highest BCUT2D eigenvalue weighted by Crippen LogP contribution is 2.27. The summed E-state index contributed by atoms with van der Waals surface area (Å²) in [6.45, 7) is 0. The topological polar surface area (TPSA) is 68.0 Å². The molecule has 0 atom stereocenters. The first-order valence-electron chi connectivity index (χ1n) is 7.69. The van der Waals surface area contributed by atoms with Gasteiger partial charge < -0.3 is 9.73 Å². The van der Waals surface area contributed by atoms with Crippen molar-refractivity contribution in [3.63, 3.8) is 0 Å². The maximum atomic E-state index is 12.4. The van der Waals surface area contributed by atoms with E-state index in [-0.39, 0.29) is 10.9 Å². The third-order valence-electron chi connectivity index (χ3n) is 3.75. The van der Waals surface area contributed by atoms with Crippen molar-refractivity contribution in [1.29, 1.82) is 0 Å². The number of oxazole rings is 1. The molecule has 5 nitrogen and oxygen atoms in total. The zero-order valence-corrected chi connectivity index (χ0v) is 14.8. The van der Waals surface area contributed by atoms with Crippen molar-refractivity contribution in [2.75, 3.05) is 5.32 Å². The van der Waals surface area contributed by atoms with Crippen LogP contribution in [-0.4, -0.2) is 15.9 Å². The van der Waals surface area contributed by atoms with Gasteiger partial charge in [-0.3, -0.25) is 4.79 Å². The summed E-state index contributed by atoms with van der Waals surface area (Å²) >= 11 is 12.0. The van der Waals surface area contributed by atoms with E-state index in [1.54, 1.807) is 54.7 Å². The number of nitrogens with one attached hydrogen (secondary N) is 1. The van der Waals surface area contributed by atoms with Gasteiger partial charge in [0, 0.05) is 17.4 Å². The molecular formula is C19H11Cl2N3O2. The van der Waals surface area contributed by atoms with Gasteiger partial charge in [0.25, 0.3) is 5.91 Å². The molecule has 7 heteroatoms. The van der Waals surface area contributed by atoms with Gasteiger partial charge in [-0.05, 0) is 48.5 Å². The predicted octanol–water partition coefficient (Wildman–Crippen LogP) is 5.45. The van der Waals surface area contributed by atoms with Crippen molar-refractivity contribution >= 4 is 46.0 Å². The molecule has 4 rings (SSSR count). The van der Waals surface area contributed by atoms with Gasteiger partial charge in [0.05, 0.1) is 15.6 Å². The molecular weight excluding hydrogens is 373 g/mol. The summed E-state index contributed by atoms with van der Waals surface area (Å²) in [5.74, 6) is 0.130. The summed E-state index contributed by atoms with van der Waals surface area (Å²) in [7, 11) is 0. The zero-order chi connectivity index (χ0) is 18.1. The molecule has 0 saturated heterocycles. The van der Waals surface area contributed by atoms with E-state index in [1.807, 2.05) is 6.07 Å². The molecule has 0 unspecified atom stereocenters. The minimum Gasteiger partial charge on any atom is -0.418 e. The van der Waals surface area contributed by atoms with Crippen LogP contribution in [0.25, 0.3) is 22.7 Å². The molecule has 0 saturated carbocycles. The lowest BCUT2D eigenvalue weighted by Gasteiger charge is -2.08. The van der Waals surface area contributed by atoms with Crippen LogP contribution in [0.4, 0.5) is 5.69 Å². The van der Waals surface area contributed by atoms with E-state index >= 15 is 0 Å². The maximum Gasteiger partial charge on any atom is 0.257 e. The number of hydrogen-bond donors (Lipinski definition) is 1. The van der Waals surface area contributed by atoms with Crippen LogP contribution < -0.4 is 5.32 Å². The number of halogens is 2. The van der Waals surface area contributed by atoms with Crippen LogP contribution in [0.3, 0.4) is 0 Å². The Hall–Kier alpha value is -2.89. The third-order valence-corrected chi connectivity index (χ3v) is 4.57. The first kappa shape index (κ1) is 16.6. The summed E-state index contributed by atoms with van der Waals surface area (Å²) in [6.07, 6.45) is 1.65. The van der Waals surface area contributed by atoms with Crippen molar-refractivity contribution in [3.05, 3.63) is 76.4 Å². The second kappa shape index (κ2) is 6.78. The molecule has 2 aromatic carbocycles. The highest BCUT2D eigenvalue weighted by atomic mass is 35.5. The van der Waals surface area contributed by atoms with E-state index in [2.05, 4.69) is 15.3 Å². The van der Waals surface area contributed by atoms with Crippen molar-refractivity contribution in [2.24, 2.45) is 0 Å². The summed E-state index contributed by atoms with van der Waals surface area (Å²) < 4.78 is 5.63. The molecule has 128 valence electrons. The number of anilines is 1. The number of hydrogen-bond acceptors (Lipinski definition) is 4. The van der Waals surface area contributed by atoms with E-state index < -0.39 is 0 Å². The second-order valence-electron chi connectivity index (χ2n) is 5.48. The van der Waals surface area contributed by atoms with E-state index in [4.69, 9.17) is 27.6 Å². The van der Waals surface area contributed by atoms with Gasteiger partial charge in [-0.15, -0.1) is 0 Å². The third kappa shape index (κ3) is 3.14. The first-order chi connectivity index (χ1) is 12.6. The molecule has 0 fully saturated rings. The minimum absolute atomic E-state index is 0.224. The summed E-state index contributed by atoms with van der Waals surface area (Å²) in [4.78, 5) is 20.9.